The van der Waals surface area contributed by atoms with Crippen molar-refractivity contribution in [3.05, 3.63) is 30.3 Å². The fourth-order valence-electron chi connectivity index (χ4n) is 2.91. The van der Waals surface area contributed by atoms with Crippen molar-refractivity contribution in [3.8, 4) is 5.75 Å². The fourth-order valence-corrected chi connectivity index (χ4v) is 2.91. The first kappa shape index (κ1) is 17.6. The third kappa shape index (κ3) is 6.10. The number of benzene rings is 1. The monoisotopic (exact) mass is 318 g/mol. The molecule has 0 saturated carbocycles. The molecule has 1 aromatic rings. The summed E-state index contributed by atoms with van der Waals surface area (Å²) < 4.78 is 5.69. The number of guanidine groups is 1. The van der Waals surface area contributed by atoms with Gasteiger partial charge in [0.1, 0.15) is 12.4 Å². The molecule has 5 heteroatoms. The minimum absolute atomic E-state index is 0.594. The van der Waals surface area contributed by atoms with Crippen LogP contribution in [0.25, 0.3) is 0 Å². The highest BCUT2D eigenvalue weighted by Crippen LogP contribution is 2.16. The molecule has 1 atom stereocenters. The Bertz CT molecular complexity index is 463. The molecule has 2 rings (SSSR count). The van der Waals surface area contributed by atoms with Gasteiger partial charge < -0.3 is 15.4 Å². The van der Waals surface area contributed by atoms with E-state index in [9.17, 15) is 0 Å². The van der Waals surface area contributed by atoms with E-state index in [1.54, 1.807) is 0 Å². The lowest BCUT2D eigenvalue weighted by Crippen LogP contribution is -2.40. The number of aliphatic imine (C=N–C) groups is 1. The first-order valence-corrected chi connectivity index (χ1v) is 8.77. The highest BCUT2D eigenvalue weighted by molar-refractivity contribution is 5.79. The Morgan fingerprint density at radius 3 is 2.83 bits per heavy atom. The third-order valence-electron chi connectivity index (χ3n) is 4.12. The largest absolute Gasteiger partial charge is 0.492 e. The minimum Gasteiger partial charge on any atom is -0.492 e. The number of likely N-dealkylation sites (tertiary alicyclic amines) is 1. The van der Waals surface area contributed by atoms with Crippen molar-refractivity contribution in [2.45, 2.75) is 32.7 Å². The molecule has 128 valence electrons. The number of likely N-dealkylation sites (N-methyl/N-ethyl adjacent to an activating group) is 1. The summed E-state index contributed by atoms with van der Waals surface area (Å²) in [4.78, 5) is 7.25. The molecule has 0 aromatic heterocycles. The van der Waals surface area contributed by atoms with Gasteiger partial charge in [-0.15, -0.1) is 0 Å². The molecular formula is C18H30N4O. The molecule has 1 aliphatic rings. The van der Waals surface area contributed by atoms with Crippen LogP contribution in [0.4, 0.5) is 0 Å². The molecule has 0 radical (unpaired) electrons. The molecule has 0 bridgehead atoms. The van der Waals surface area contributed by atoms with Crippen LogP contribution in [-0.2, 0) is 0 Å². The number of hydrogen-bond acceptors (Lipinski definition) is 3. The van der Waals surface area contributed by atoms with Gasteiger partial charge in [-0.3, -0.25) is 9.89 Å². The van der Waals surface area contributed by atoms with E-state index in [0.717, 1.165) is 37.9 Å². The molecule has 1 heterocycles. The highest BCUT2D eigenvalue weighted by atomic mass is 16.5. The number of nitrogens with zero attached hydrogens (tertiary/aromatic N) is 2. The van der Waals surface area contributed by atoms with Crippen molar-refractivity contribution >= 4 is 5.96 Å². The number of para-hydroxylation sites is 1. The van der Waals surface area contributed by atoms with Crippen LogP contribution in [0, 0.1) is 0 Å². The molecule has 1 aliphatic heterocycles. The Morgan fingerprint density at radius 2 is 2.09 bits per heavy atom. The van der Waals surface area contributed by atoms with E-state index in [0.29, 0.717) is 12.6 Å². The molecular weight excluding hydrogens is 288 g/mol. The number of rotatable bonds is 8. The molecule has 1 unspecified atom stereocenters. The summed E-state index contributed by atoms with van der Waals surface area (Å²) in [5.41, 5.74) is 0. The van der Waals surface area contributed by atoms with E-state index >= 15 is 0 Å². The van der Waals surface area contributed by atoms with Crippen LogP contribution in [0.15, 0.2) is 35.3 Å². The van der Waals surface area contributed by atoms with Crippen LogP contribution in [-0.4, -0.2) is 56.2 Å². The van der Waals surface area contributed by atoms with Crippen LogP contribution in [0.3, 0.4) is 0 Å². The number of hydrogen-bond donors (Lipinski definition) is 2. The number of nitrogens with one attached hydrogen (secondary N) is 2. The molecule has 0 aliphatic carbocycles. The van der Waals surface area contributed by atoms with Gasteiger partial charge in [-0.2, -0.15) is 0 Å². The summed E-state index contributed by atoms with van der Waals surface area (Å²) in [5, 5.41) is 6.65. The normalized spacial score (nSPS) is 18.9. The van der Waals surface area contributed by atoms with Crippen molar-refractivity contribution in [3.63, 3.8) is 0 Å². The third-order valence-corrected chi connectivity index (χ3v) is 4.12. The second-order valence-electron chi connectivity index (χ2n) is 5.73. The first-order valence-electron chi connectivity index (χ1n) is 8.77. The lowest BCUT2D eigenvalue weighted by Gasteiger charge is -2.21. The zero-order chi connectivity index (χ0) is 16.3. The Morgan fingerprint density at radius 1 is 1.26 bits per heavy atom. The SMILES string of the molecule is CCNC(=NCC1CCCN1CC)NCCOc1ccccc1. The summed E-state index contributed by atoms with van der Waals surface area (Å²) in [6.07, 6.45) is 2.55. The topological polar surface area (TPSA) is 48.9 Å². The smallest absolute Gasteiger partial charge is 0.191 e. The standard InChI is InChI=1S/C18H30N4O/c1-3-19-18(21-15-16-9-8-13-22(16)4-2)20-12-14-23-17-10-6-5-7-11-17/h5-7,10-11,16H,3-4,8-9,12-15H2,1-2H3,(H2,19,20,21). The van der Waals surface area contributed by atoms with Crippen LogP contribution in [0.2, 0.25) is 0 Å². The molecule has 0 amide bonds. The Hall–Kier alpha value is -1.75. The van der Waals surface area contributed by atoms with E-state index in [1.807, 2.05) is 30.3 Å². The zero-order valence-electron chi connectivity index (χ0n) is 14.4. The maximum atomic E-state index is 5.69. The van der Waals surface area contributed by atoms with Gasteiger partial charge in [0, 0.05) is 12.6 Å². The van der Waals surface area contributed by atoms with Gasteiger partial charge in [-0.25, -0.2) is 0 Å². The van der Waals surface area contributed by atoms with Crippen molar-refractivity contribution in [2.24, 2.45) is 4.99 Å². The first-order chi connectivity index (χ1) is 11.3. The molecule has 1 fully saturated rings. The van der Waals surface area contributed by atoms with Crippen molar-refractivity contribution < 1.29 is 4.74 Å². The lowest BCUT2D eigenvalue weighted by atomic mass is 10.2. The highest BCUT2D eigenvalue weighted by Gasteiger charge is 2.22. The van der Waals surface area contributed by atoms with Gasteiger partial charge >= 0.3 is 0 Å². The fraction of sp³-hybridized carbons (Fsp3) is 0.611. The summed E-state index contributed by atoms with van der Waals surface area (Å²) in [6, 6.07) is 10.5. The van der Waals surface area contributed by atoms with E-state index in [-0.39, 0.29) is 0 Å². The van der Waals surface area contributed by atoms with E-state index in [2.05, 4.69) is 29.4 Å². The summed E-state index contributed by atoms with van der Waals surface area (Å²) >= 11 is 0. The van der Waals surface area contributed by atoms with Crippen LogP contribution in [0.5, 0.6) is 5.75 Å². The number of ether oxygens (including phenoxy) is 1. The maximum absolute atomic E-state index is 5.69. The van der Waals surface area contributed by atoms with E-state index < -0.39 is 0 Å². The van der Waals surface area contributed by atoms with E-state index in [4.69, 9.17) is 9.73 Å². The molecule has 23 heavy (non-hydrogen) atoms. The van der Waals surface area contributed by atoms with Gasteiger partial charge in [0.25, 0.3) is 0 Å². The predicted octanol–water partition coefficient (Wildman–Crippen LogP) is 2.10. The van der Waals surface area contributed by atoms with Crippen molar-refractivity contribution in [2.75, 3.05) is 39.3 Å². The van der Waals surface area contributed by atoms with Crippen molar-refractivity contribution in [1.82, 2.24) is 15.5 Å². The predicted molar refractivity (Wildman–Crippen MR) is 96.2 cm³/mol. The van der Waals surface area contributed by atoms with Crippen LogP contribution >= 0.6 is 0 Å². The average molecular weight is 318 g/mol. The Balaban J connectivity index is 1.73. The van der Waals surface area contributed by atoms with E-state index in [1.165, 1.54) is 19.4 Å². The zero-order valence-corrected chi connectivity index (χ0v) is 14.4. The molecule has 0 spiro atoms. The maximum Gasteiger partial charge on any atom is 0.191 e. The molecule has 2 N–H and O–H groups in total. The quantitative estimate of drug-likeness (QED) is 0.438. The Kier molecular flexibility index (Phi) is 7.73. The van der Waals surface area contributed by atoms with Gasteiger partial charge in [-0.05, 0) is 45.0 Å². The summed E-state index contributed by atoms with van der Waals surface area (Å²) in [7, 11) is 0. The minimum atomic E-state index is 0.594. The Labute approximate surface area is 140 Å². The summed E-state index contributed by atoms with van der Waals surface area (Å²) in [5.74, 6) is 1.79. The average Bonchev–Trinajstić information content (AvgIpc) is 3.05. The van der Waals surface area contributed by atoms with Crippen molar-refractivity contribution in [1.29, 1.82) is 0 Å². The second kappa shape index (κ2) is 10.1. The van der Waals surface area contributed by atoms with Crippen LogP contribution in [0.1, 0.15) is 26.7 Å². The molecule has 1 saturated heterocycles. The van der Waals surface area contributed by atoms with Gasteiger partial charge in [0.05, 0.1) is 13.1 Å². The second-order valence-corrected chi connectivity index (χ2v) is 5.73. The lowest BCUT2D eigenvalue weighted by molar-refractivity contribution is 0.273. The van der Waals surface area contributed by atoms with Gasteiger partial charge in [0.2, 0.25) is 0 Å². The summed E-state index contributed by atoms with van der Waals surface area (Å²) in [6.45, 7) is 9.75. The van der Waals surface area contributed by atoms with Gasteiger partial charge in [-0.1, -0.05) is 25.1 Å². The molecule has 5 nitrogen and oxygen atoms in total. The van der Waals surface area contributed by atoms with Crippen LogP contribution < -0.4 is 15.4 Å². The van der Waals surface area contributed by atoms with Gasteiger partial charge in [0.15, 0.2) is 5.96 Å². The molecule has 1 aromatic carbocycles.